The van der Waals surface area contributed by atoms with Crippen molar-refractivity contribution in [2.45, 2.75) is 39.2 Å². The normalized spacial score (nSPS) is 20.5. The number of nitrogens with one attached hydrogen (secondary N) is 1. The van der Waals surface area contributed by atoms with E-state index in [-0.39, 0.29) is 11.8 Å². The van der Waals surface area contributed by atoms with Crippen molar-refractivity contribution in [1.29, 1.82) is 0 Å². The Morgan fingerprint density at radius 1 is 1.07 bits per heavy atom. The summed E-state index contributed by atoms with van der Waals surface area (Å²) in [6.45, 7) is 11.3. The number of amides is 2. The van der Waals surface area contributed by atoms with Crippen LogP contribution in [-0.2, 0) is 16.0 Å². The number of carbonyl (C=O) groups excluding carboxylic acids is 2. The van der Waals surface area contributed by atoms with Gasteiger partial charge >= 0.3 is 0 Å². The Morgan fingerprint density at radius 3 is 2.48 bits per heavy atom. The van der Waals surface area contributed by atoms with Crippen LogP contribution < -0.4 is 10.2 Å². The highest BCUT2D eigenvalue weighted by Crippen LogP contribution is 2.32. The molecule has 1 aromatic carbocycles. The number of anilines is 1. The summed E-state index contributed by atoms with van der Waals surface area (Å²) in [4.78, 5) is 31.8. The van der Waals surface area contributed by atoms with Gasteiger partial charge in [-0.3, -0.25) is 14.5 Å². The number of benzene rings is 1. The van der Waals surface area contributed by atoms with Crippen LogP contribution in [0.4, 0.5) is 5.69 Å². The zero-order valence-corrected chi connectivity index (χ0v) is 16.6. The van der Waals surface area contributed by atoms with E-state index in [0.29, 0.717) is 19.4 Å². The number of hydrogen-bond acceptors (Lipinski definition) is 4. The van der Waals surface area contributed by atoms with Gasteiger partial charge in [-0.05, 0) is 31.1 Å². The Morgan fingerprint density at radius 2 is 1.78 bits per heavy atom. The topological polar surface area (TPSA) is 55.9 Å². The van der Waals surface area contributed by atoms with Crippen molar-refractivity contribution in [3.05, 3.63) is 29.8 Å². The second-order valence-electron chi connectivity index (χ2n) is 7.39. The van der Waals surface area contributed by atoms with Gasteiger partial charge in [-0.25, -0.2) is 0 Å². The molecule has 1 saturated heterocycles. The van der Waals surface area contributed by atoms with Crippen LogP contribution in [-0.4, -0.2) is 73.5 Å². The van der Waals surface area contributed by atoms with Gasteiger partial charge in [0.25, 0.3) is 0 Å². The third-order valence-corrected chi connectivity index (χ3v) is 5.71. The lowest BCUT2D eigenvalue weighted by Gasteiger charge is -2.34. The molecular formula is C21H32N4O2. The summed E-state index contributed by atoms with van der Waals surface area (Å²) in [5.41, 5.74) is 1.96. The minimum absolute atomic E-state index is 0.00824. The van der Waals surface area contributed by atoms with Gasteiger partial charge in [0.15, 0.2) is 0 Å². The highest BCUT2D eigenvalue weighted by atomic mass is 16.2. The van der Waals surface area contributed by atoms with E-state index in [2.05, 4.69) is 22.0 Å². The lowest BCUT2D eigenvalue weighted by molar-refractivity contribution is -0.126. The van der Waals surface area contributed by atoms with Gasteiger partial charge in [0.2, 0.25) is 11.8 Å². The van der Waals surface area contributed by atoms with Crippen LogP contribution in [0.15, 0.2) is 24.3 Å². The second kappa shape index (κ2) is 9.33. The monoisotopic (exact) mass is 372 g/mol. The predicted octanol–water partition coefficient (Wildman–Crippen LogP) is 1.50. The number of nitrogens with zero attached hydrogens (tertiary/aromatic N) is 3. The smallest absolute Gasteiger partial charge is 0.243 e. The van der Waals surface area contributed by atoms with Gasteiger partial charge in [0.05, 0.1) is 0 Å². The summed E-state index contributed by atoms with van der Waals surface area (Å²) in [7, 11) is 0. The minimum atomic E-state index is -0.414. The van der Waals surface area contributed by atoms with Crippen LogP contribution in [0.3, 0.4) is 0 Å². The van der Waals surface area contributed by atoms with Crippen LogP contribution in [0.1, 0.15) is 32.3 Å². The zero-order chi connectivity index (χ0) is 19.2. The molecule has 0 aliphatic carbocycles. The predicted molar refractivity (Wildman–Crippen MR) is 108 cm³/mol. The van der Waals surface area contributed by atoms with Gasteiger partial charge in [-0.15, -0.1) is 0 Å². The Hall–Kier alpha value is -1.92. The summed E-state index contributed by atoms with van der Waals surface area (Å²) >= 11 is 0. The lowest BCUT2D eigenvalue weighted by Crippen LogP contribution is -2.49. The summed E-state index contributed by atoms with van der Waals surface area (Å²) in [5.74, 6) is -0.0299. The summed E-state index contributed by atoms with van der Waals surface area (Å²) < 4.78 is 0. The van der Waals surface area contributed by atoms with E-state index in [1.807, 2.05) is 31.2 Å². The number of rotatable bonds is 7. The van der Waals surface area contributed by atoms with Crippen molar-refractivity contribution in [3.63, 3.8) is 0 Å². The number of likely N-dealkylation sites (N-methyl/N-ethyl adjacent to an activating group) is 1. The first-order chi connectivity index (χ1) is 13.1. The van der Waals surface area contributed by atoms with Gasteiger partial charge in [0.1, 0.15) is 6.04 Å². The fraction of sp³-hybridized carbons (Fsp3) is 0.619. The van der Waals surface area contributed by atoms with Crippen LogP contribution in [0, 0.1) is 0 Å². The third-order valence-electron chi connectivity index (χ3n) is 5.71. The maximum absolute atomic E-state index is 12.8. The molecule has 0 bridgehead atoms. The van der Waals surface area contributed by atoms with Gasteiger partial charge in [-0.2, -0.15) is 0 Å². The number of fused-ring (bicyclic) bond motifs is 1. The van der Waals surface area contributed by atoms with Crippen molar-refractivity contribution in [1.82, 2.24) is 15.1 Å². The summed E-state index contributed by atoms with van der Waals surface area (Å²) in [6, 6.07) is 7.42. The number of hydrogen-bond donors (Lipinski definition) is 1. The molecule has 2 aliphatic heterocycles. The number of piperazine rings is 1. The standard InChI is InChI=1S/C21H32N4O2/c1-3-20(26)25-18-9-6-5-8-17(18)16-19(25)21(27)22-10-7-11-24-14-12-23(4-2)13-15-24/h5-6,8-9,19H,3-4,7,10-16H2,1-2H3,(H,22,27)/t19-/m1/s1. The summed E-state index contributed by atoms with van der Waals surface area (Å²) in [6.07, 6.45) is 1.95. The maximum Gasteiger partial charge on any atom is 0.243 e. The molecule has 1 aromatic rings. The van der Waals surface area contributed by atoms with Crippen molar-refractivity contribution in [2.75, 3.05) is 50.7 Å². The van der Waals surface area contributed by atoms with Crippen molar-refractivity contribution < 1.29 is 9.59 Å². The lowest BCUT2D eigenvalue weighted by atomic mass is 10.1. The van der Waals surface area contributed by atoms with E-state index in [1.165, 1.54) is 0 Å². The van der Waals surface area contributed by atoms with Crippen molar-refractivity contribution >= 4 is 17.5 Å². The van der Waals surface area contributed by atoms with Crippen molar-refractivity contribution in [3.8, 4) is 0 Å². The molecular weight excluding hydrogens is 340 g/mol. The molecule has 2 aliphatic rings. The molecule has 27 heavy (non-hydrogen) atoms. The highest BCUT2D eigenvalue weighted by molar-refractivity contribution is 6.03. The molecule has 6 heteroatoms. The Balaban J connectivity index is 1.47. The van der Waals surface area contributed by atoms with E-state index < -0.39 is 6.04 Å². The molecule has 0 spiro atoms. The number of para-hydroxylation sites is 1. The van der Waals surface area contributed by atoms with Gasteiger partial charge < -0.3 is 15.1 Å². The quantitative estimate of drug-likeness (QED) is 0.737. The number of carbonyl (C=O) groups is 2. The third kappa shape index (κ3) is 4.68. The molecule has 0 aromatic heterocycles. The second-order valence-corrected chi connectivity index (χ2v) is 7.39. The SMILES string of the molecule is CCC(=O)N1c2ccccc2C[C@@H]1C(=O)NCCCN1CCN(CC)CC1. The highest BCUT2D eigenvalue weighted by Gasteiger charge is 2.37. The molecule has 0 unspecified atom stereocenters. The van der Waals surface area contributed by atoms with Crippen molar-refractivity contribution in [2.24, 2.45) is 0 Å². The molecule has 2 heterocycles. The first kappa shape index (κ1) is 19.8. The molecule has 2 amide bonds. The molecule has 148 valence electrons. The average molecular weight is 373 g/mol. The Kier molecular flexibility index (Phi) is 6.85. The van der Waals surface area contributed by atoms with E-state index in [1.54, 1.807) is 4.90 Å². The molecule has 1 fully saturated rings. The molecule has 0 radical (unpaired) electrons. The maximum atomic E-state index is 12.8. The van der Waals surface area contributed by atoms with Crippen LogP contribution in [0.2, 0.25) is 0 Å². The van der Waals surface area contributed by atoms with E-state index in [9.17, 15) is 9.59 Å². The minimum Gasteiger partial charge on any atom is -0.354 e. The Bertz CT molecular complexity index is 655. The van der Waals surface area contributed by atoms with Crippen LogP contribution >= 0.6 is 0 Å². The molecule has 0 saturated carbocycles. The first-order valence-electron chi connectivity index (χ1n) is 10.3. The van der Waals surface area contributed by atoms with Gasteiger partial charge in [-0.1, -0.05) is 32.0 Å². The molecule has 1 atom stereocenters. The molecule has 1 N–H and O–H groups in total. The summed E-state index contributed by atoms with van der Waals surface area (Å²) in [5, 5.41) is 3.06. The first-order valence-corrected chi connectivity index (χ1v) is 10.3. The fourth-order valence-corrected chi connectivity index (χ4v) is 4.04. The average Bonchev–Trinajstić information content (AvgIpc) is 3.10. The van der Waals surface area contributed by atoms with Crippen LogP contribution in [0.5, 0.6) is 0 Å². The zero-order valence-electron chi connectivity index (χ0n) is 16.6. The largest absolute Gasteiger partial charge is 0.354 e. The Labute approximate surface area is 162 Å². The molecule has 3 rings (SSSR count). The van der Waals surface area contributed by atoms with Gasteiger partial charge in [0, 0.05) is 51.3 Å². The van der Waals surface area contributed by atoms with E-state index >= 15 is 0 Å². The fourth-order valence-electron chi connectivity index (χ4n) is 4.04. The van der Waals surface area contributed by atoms with E-state index in [4.69, 9.17) is 0 Å². The van der Waals surface area contributed by atoms with E-state index in [0.717, 1.165) is 56.9 Å². The van der Waals surface area contributed by atoms with Crippen LogP contribution in [0.25, 0.3) is 0 Å². The molecule has 6 nitrogen and oxygen atoms in total.